The molecule has 0 bridgehead atoms. The molecule has 1 aliphatic rings. The number of nitrogens with zero attached hydrogens (tertiary/aromatic N) is 2. The highest BCUT2D eigenvalue weighted by atomic mass is 31.2. The van der Waals surface area contributed by atoms with Gasteiger partial charge < -0.3 is 35.0 Å². The monoisotopic (exact) mass is 549 g/mol. The van der Waals surface area contributed by atoms with Crippen molar-refractivity contribution in [1.82, 2.24) is 9.55 Å². The average Bonchev–Trinajstić information content (AvgIpc) is 3.11. The Morgan fingerprint density at radius 2 is 1.78 bits per heavy atom. The summed E-state index contributed by atoms with van der Waals surface area (Å²) in [5.74, 6) is -1.34. The SMILES string of the molecule is CCC(C)(OP(=O)(O)C(O)(CC)CC)C1OC(n2cc(COC(C)=O)c(NC(C)=O)nc2=O)C(O)C1O. The summed E-state index contributed by atoms with van der Waals surface area (Å²) in [6.45, 7) is 8.02. The molecule has 0 aromatic carbocycles. The maximum atomic E-state index is 13.1. The van der Waals surface area contributed by atoms with Crippen LogP contribution in [0.4, 0.5) is 5.82 Å². The molecule has 6 atom stereocenters. The van der Waals surface area contributed by atoms with Gasteiger partial charge in [-0.3, -0.25) is 23.2 Å². The minimum absolute atomic E-state index is 0.0224. The molecule has 2 heterocycles. The van der Waals surface area contributed by atoms with Gasteiger partial charge in [-0.1, -0.05) is 20.8 Å². The fourth-order valence-corrected chi connectivity index (χ4v) is 5.75. The highest BCUT2D eigenvalue weighted by Gasteiger charge is 2.57. The number of aliphatic hydroxyl groups excluding tert-OH is 2. The number of hydrogen-bond donors (Lipinski definition) is 5. The summed E-state index contributed by atoms with van der Waals surface area (Å²) in [6.07, 6.45) is -5.30. The van der Waals surface area contributed by atoms with Crippen LogP contribution in [0.25, 0.3) is 0 Å². The van der Waals surface area contributed by atoms with E-state index < -0.39 is 60.6 Å². The van der Waals surface area contributed by atoms with Gasteiger partial charge in [-0.2, -0.15) is 4.98 Å². The van der Waals surface area contributed by atoms with E-state index in [0.717, 1.165) is 17.7 Å². The first-order valence-corrected chi connectivity index (χ1v) is 13.4. The van der Waals surface area contributed by atoms with E-state index in [2.05, 4.69) is 10.3 Å². The van der Waals surface area contributed by atoms with Gasteiger partial charge in [0.2, 0.25) is 5.91 Å². The molecule has 1 amide bonds. The minimum atomic E-state index is -4.69. The molecule has 1 saturated heterocycles. The molecular weight excluding hydrogens is 513 g/mol. The Balaban J connectivity index is 2.48. The molecule has 15 heteroatoms. The minimum Gasteiger partial charge on any atom is -0.461 e. The number of ether oxygens (including phenoxy) is 2. The predicted octanol–water partition coefficient (Wildman–Crippen LogP) is 0.763. The van der Waals surface area contributed by atoms with Crippen molar-refractivity contribution >= 4 is 25.3 Å². The van der Waals surface area contributed by atoms with Crippen LogP contribution in [0.1, 0.15) is 72.6 Å². The first kappa shape index (κ1) is 31.0. The van der Waals surface area contributed by atoms with Crippen molar-refractivity contribution in [2.75, 3.05) is 5.32 Å². The van der Waals surface area contributed by atoms with Crippen LogP contribution in [0.5, 0.6) is 0 Å². The van der Waals surface area contributed by atoms with Crippen LogP contribution in [0.3, 0.4) is 0 Å². The summed E-state index contributed by atoms with van der Waals surface area (Å²) >= 11 is 0. The lowest BCUT2D eigenvalue weighted by molar-refractivity contribution is -0.142. The van der Waals surface area contributed by atoms with Crippen LogP contribution in [0.15, 0.2) is 11.0 Å². The summed E-state index contributed by atoms with van der Waals surface area (Å²) < 4.78 is 30.2. The van der Waals surface area contributed by atoms with Gasteiger partial charge in [0, 0.05) is 25.6 Å². The van der Waals surface area contributed by atoms with Crippen LogP contribution in [0, 0.1) is 0 Å². The van der Waals surface area contributed by atoms with Crippen molar-refractivity contribution in [1.29, 1.82) is 0 Å². The van der Waals surface area contributed by atoms with Crippen molar-refractivity contribution in [2.45, 2.75) is 103 Å². The molecule has 0 radical (unpaired) electrons. The predicted molar refractivity (Wildman–Crippen MR) is 129 cm³/mol. The molecular formula is C22H36N3O11P. The zero-order valence-electron chi connectivity index (χ0n) is 21.7. The molecule has 1 aliphatic heterocycles. The third-order valence-corrected chi connectivity index (χ3v) is 8.91. The Hall–Kier alpha value is -2.19. The van der Waals surface area contributed by atoms with Crippen LogP contribution < -0.4 is 11.0 Å². The van der Waals surface area contributed by atoms with E-state index in [1.54, 1.807) is 6.92 Å². The van der Waals surface area contributed by atoms with Crippen LogP contribution in [-0.4, -0.2) is 70.9 Å². The topological polar surface area (TPSA) is 207 Å². The lowest BCUT2D eigenvalue weighted by atomic mass is 9.91. The molecule has 0 spiro atoms. The number of hydrogen-bond acceptors (Lipinski definition) is 11. The second kappa shape index (κ2) is 11.7. The van der Waals surface area contributed by atoms with Crippen molar-refractivity contribution in [3.8, 4) is 0 Å². The van der Waals surface area contributed by atoms with Crippen molar-refractivity contribution in [3.63, 3.8) is 0 Å². The normalized spacial score (nSPS) is 25.2. The lowest BCUT2D eigenvalue weighted by Gasteiger charge is -2.40. The second-order valence-electron chi connectivity index (χ2n) is 9.16. The van der Waals surface area contributed by atoms with E-state index >= 15 is 0 Å². The van der Waals surface area contributed by atoms with Crippen molar-refractivity contribution in [3.05, 3.63) is 22.2 Å². The van der Waals surface area contributed by atoms with Crippen LogP contribution in [0.2, 0.25) is 0 Å². The van der Waals surface area contributed by atoms with E-state index in [-0.39, 0.29) is 37.3 Å². The van der Waals surface area contributed by atoms with E-state index in [0.29, 0.717) is 0 Å². The molecule has 5 N–H and O–H groups in total. The highest BCUT2D eigenvalue weighted by molar-refractivity contribution is 7.54. The average molecular weight is 550 g/mol. The molecule has 210 valence electrons. The Morgan fingerprint density at radius 1 is 1.19 bits per heavy atom. The van der Waals surface area contributed by atoms with Crippen molar-refractivity contribution in [2.24, 2.45) is 0 Å². The largest absolute Gasteiger partial charge is 0.461 e. The number of aliphatic hydroxyl groups is 3. The number of carbonyl (C=O) groups is 2. The molecule has 37 heavy (non-hydrogen) atoms. The van der Waals surface area contributed by atoms with Crippen LogP contribution >= 0.6 is 7.60 Å². The number of rotatable bonds is 11. The highest BCUT2D eigenvalue weighted by Crippen LogP contribution is 2.61. The zero-order chi connectivity index (χ0) is 28.3. The summed E-state index contributed by atoms with van der Waals surface area (Å²) in [6, 6.07) is 0. The molecule has 1 aromatic heterocycles. The van der Waals surface area contributed by atoms with Gasteiger partial charge in [-0.25, -0.2) is 4.79 Å². The summed E-state index contributed by atoms with van der Waals surface area (Å²) in [7, 11) is -4.69. The number of carbonyl (C=O) groups excluding carboxylic acids is 2. The zero-order valence-corrected chi connectivity index (χ0v) is 22.6. The number of nitrogens with one attached hydrogen (secondary N) is 1. The standard InChI is InChI=1S/C22H36N3O11P/c1-7-21(6,36-37(32,33)22(31,8-2)9-3)17-15(28)16(29)19(35-17)25-10-14(11-34-13(5)27)18(23-12(4)26)24-20(25)30/h10,15-17,19,28-29,31H,7-9,11H2,1-6H3,(H,32,33)(H,23,24,26,30). The van der Waals surface area contributed by atoms with Crippen molar-refractivity contribution < 1.29 is 48.4 Å². The molecule has 0 saturated carbocycles. The van der Waals surface area contributed by atoms with Gasteiger partial charge in [-0.15, -0.1) is 0 Å². The quantitative estimate of drug-likeness (QED) is 0.192. The Labute approximate surface area is 214 Å². The summed E-state index contributed by atoms with van der Waals surface area (Å²) in [4.78, 5) is 50.0. The number of amides is 1. The fourth-order valence-electron chi connectivity index (χ4n) is 3.98. The lowest BCUT2D eigenvalue weighted by Crippen LogP contribution is -2.49. The maximum absolute atomic E-state index is 13.1. The van der Waals surface area contributed by atoms with Gasteiger partial charge in [0.25, 0.3) is 0 Å². The van der Waals surface area contributed by atoms with Gasteiger partial charge >= 0.3 is 19.3 Å². The fraction of sp³-hybridized carbons (Fsp3) is 0.727. The third-order valence-electron chi connectivity index (χ3n) is 6.56. The first-order chi connectivity index (χ1) is 17.1. The third kappa shape index (κ3) is 6.45. The number of aromatic nitrogens is 2. The molecule has 6 unspecified atom stereocenters. The molecule has 1 fully saturated rings. The summed E-state index contributed by atoms with van der Waals surface area (Å²) in [5.41, 5.74) is -2.54. The smallest absolute Gasteiger partial charge is 0.359 e. The van der Waals surface area contributed by atoms with Gasteiger partial charge in [0.15, 0.2) is 11.6 Å². The molecule has 1 aromatic rings. The Bertz CT molecular complexity index is 1110. The molecule has 14 nitrogen and oxygen atoms in total. The summed E-state index contributed by atoms with van der Waals surface area (Å²) in [5, 5.41) is 32.6. The van der Waals surface area contributed by atoms with Crippen LogP contribution in [-0.2, 0) is 34.8 Å². The van der Waals surface area contributed by atoms with E-state index in [4.69, 9.17) is 14.0 Å². The first-order valence-electron chi connectivity index (χ1n) is 11.9. The van der Waals surface area contributed by atoms with Gasteiger partial charge in [0.05, 0.1) is 0 Å². The molecule has 0 aliphatic carbocycles. The van der Waals surface area contributed by atoms with Gasteiger partial charge in [0.1, 0.15) is 36.3 Å². The van der Waals surface area contributed by atoms with E-state index in [9.17, 15) is 39.2 Å². The Kier molecular flexibility index (Phi) is 9.80. The maximum Gasteiger partial charge on any atom is 0.359 e. The van der Waals surface area contributed by atoms with E-state index in [1.165, 1.54) is 27.7 Å². The van der Waals surface area contributed by atoms with E-state index in [1.807, 2.05) is 0 Å². The second-order valence-corrected chi connectivity index (χ2v) is 11.2. The van der Waals surface area contributed by atoms with Gasteiger partial charge in [-0.05, 0) is 26.2 Å². The molecule has 2 rings (SSSR count). The number of esters is 1. The number of anilines is 1. The Morgan fingerprint density at radius 3 is 2.27 bits per heavy atom.